The molecule has 0 saturated carbocycles. The van der Waals surface area contributed by atoms with E-state index in [-0.39, 0.29) is 10.6 Å². The second-order valence-corrected chi connectivity index (χ2v) is 5.93. The fraction of sp³-hybridized carbons (Fsp3) is 0.158. The van der Waals surface area contributed by atoms with Crippen molar-refractivity contribution >= 4 is 40.9 Å². The number of anilines is 1. The van der Waals surface area contributed by atoms with Crippen LogP contribution in [0.15, 0.2) is 35.9 Å². The molecule has 0 heterocycles. The van der Waals surface area contributed by atoms with Gasteiger partial charge in [0.2, 0.25) is 5.75 Å². The van der Waals surface area contributed by atoms with Crippen molar-refractivity contribution in [1.29, 1.82) is 5.26 Å². The number of nitrogens with zero attached hydrogens (tertiary/aromatic N) is 1. The number of hydrogen-bond donors (Lipinski definition) is 1. The third-order valence-corrected chi connectivity index (χ3v) is 4.42. The molecule has 140 valence electrons. The summed E-state index contributed by atoms with van der Waals surface area (Å²) in [5, 5.41) is 12.5. The van der Waals surface area contributed by atoms with E-state index in [4.69, 9.17) is 37.4 Å². The van der Waals surface area contributed by atoms with Crippen LogP contribution < -0.4 is 19.5 Å². The highest BCUT2D eigenvalue weighted by Crippen LogP contribution is 2.40. The van der Waals surface area contributed by atoms with Crippen LogP contribution in [0.1, 0.15) is 5.56 Å². The van der Waals surface area contributed by atoms with E-state index in [1.165, 1.54) is 27.4 Å². The molecule has 1 amide bonds. The lowest BCUT2D eigenvalue weighted by atomic mass is 10.1. The summed E-state index contributed by atoms with van der Waals surface area (Å²) in [5.74, 6) is 0.501. The number of halogens is 2. The third-order valence-electron chi connectivity index (χ3n) is 3.60. The Hall–Kier alpha value is -2.88. The number of nitriles is 1. The van der Waals surface area contributed by atoms with Gasteiger partial charge in [-0.2, -0.15) is 5.26 Å². The largest absolute Gasteiger partial charge is 0.493 e. The highest BCUT2D eigenvalue weighted by atomic mass is 35.5. The van der Waals surface area contributed by atoms with Crippen molar-refractivity contribution in [3.8, 4) is 23.3 Å². The Morgan fingerprint density at radius 2 is 1.78 bits per heavy atom. The summed E-state index contributed by atoms with van der Waals surface area (Å²) in [6.45, 7) is 0. The summed E-state index contributed by atoms with van der Waals surface area (Å²) >= 11 is 12.0. The van der Waals surface area contributed by atoms with Crippen LogP contribution in [0.25, 0.3) is 6.08 Å². The number of carbonyl (C=O) groups excluding carboxylic acids is 1. The molecule has 6 nitrogen and oxygen atoms in total. The van der Waals surface area contributed by atoms with E-state index >= 15 is 0 Å². The van der Waals surface area contributed by atoms with Gasteiger partial charge in [0.25, 0.3) is 5.91 Å². The molecule has 2 rings (SSSR count). The Kier molecular flexibility index (Phi) is 6.94. The van der Waals surface area contributed by atoms with Gasteiger partial charge in [-0.1, -0.05) is 29.3 Å². The molecule has 0 unspecified atom stereocenters. The first kappa shape index (κ1) is 20.4. The summed E-state index contributed by atoms with van der Waals surface area (Å²) in [6.07, 6.45) is 1.38. The van der Waals surface area contributed by atoms with E-state index in [0.717, 1.165) is 0 Å². The number of ether oxygens (including phenoxy) is 3. The van der Waals surface area contributed by atoms with E-state index in [1.54, 1.807) is 30.3 Å². The average Bonchev–Trinajstić information content (AvgIpc) is 2.68. The maximum atomic E-state index is 12.5. The SMILES string of the molecule is COc1ccc(/C=C(\C#N)C(=O)Nc2cccc(Cl)c2Cl)c(OC)c1OC. The molecular weight excluding hydrogens is 391 g/mol. The monoisotopic (exact) mass is 406 g/mol. The summed E-state index contributed by atoms with van der Waals surface area (Å²) in [5.41, 5.74) is 0.616. The van der Waals surface area contributed by atoms with Gasteiger partial charge >= 0.3 is 0 Å². The molecule has 0 bridgehead atoms. The number of methoxy groups -OCH3 is 3. The fourth-order valence-corrected chi connectivity index (χ4v) is 2.68. The number of hydrogen-bond acceptors (Lipinski definition) is 5. The highest BCUT2D eigenvalue weighted by molar-refractivity contribution is 6.44. The lowest BCUT2D eigenvalue weighted by Gasteiger charge is -2.14. The number of amides is 1. The summed E-state index contributed by atoms with van der Waals surface area (Å²) in [7, 11) is 4.41. The van der Waals surface area contributed by atoms with E-state index in [1.807, 2.05) is 6.07 Å². The van der Waals surface area contributed by atoms with Gasteiger partial charge in [0, 0.05) is 5.56 Å². The van der Waals surface area contributed by atoms with Crippen molar-refractivity contribution in [2.45, 2.75) is 0 Å². The molecule has 1 N–H and O–H groups in total. The zero-order valence-corrected chi connectivity index (χ0v) is 16.3. The van der Waals surface area contributed by atoms with Crippen LogP contribution in [0.2, 0.25) is 10.0 Å². The summed E-state index contributed by atoms with van der Waals surface area (Å²) in [6, 6.07) is 9.97. The number of nitrogens with one attached hydrogen (secondary N) is 1. The first-order valence-corrected chi connectivity index (χ1v) is 8.38. The number of rotatable bonds is 6. The minimum atomic E-state index is -0.640. The zero-order chi connectivity index (χ0) is 20.0. The number of benzene rings is 2. The van der Waals surface area contributed by atoms with Gasteiger partial charge in [0.05, 0.1) is 37.1 Å². The zero-order valence-electron chi connectivity index (χ0n) is 14.8. The molecule has 2 aromatic carbocycles. The maximum absolute atomic E-state index is 12.5. The second-order valence-electron chi connectivity index (χ2n) is 5.15. The first-order valence-electron chi connectivity index (χ1n) is 7.62. The quantitative estimate of drug-likeness (QED) is 0.561. The first-order chi connectivity index (χ1) is 13.0. The topological polar surface area (TPSA) is 80.6 Å². The van der Waals surface area contributed by atoms with Crippen molar-refractivity contribution < 1.29 is 19.0 Å². The van der Waals surface area contributed by atoms with Crippen LogP contribution in [0.4, 0.5) is 5.69 Å². The van der Waals surface area contributed by atoms with Gasteiger partial charge in [-0.25, -0.2) is 0 Å². The van der Waals surface area contributed by atoms with E-state index in [2.05, 4.69) is 5.32 Å². The molecule has 0 aliphatic heterocycles. The smallest absolute Gasteiger partial charge is 0.266 e. The highest BCUT2D eigenvalue weighted by Gasteiger charge is 2.18. The van der Waals surface area contributed by atoms with Crippen LogP contribution in [0.3, 0.4) is 0 Å². The van der Waals surface area contributed by atoms with Crippen molar-refractivity contribution in [2.75, 3.05) is 26.6 Å². The molecular formula is C19H16Cl2N2O4. The van der Waals surface area contributed by atoms with Crippen LogP contribution in [-0.2, 0) is 4.79 Å². The van der Waals surface area contributed by atoms with E-state index < -0.39 is 5.91 Å². The Labute approximate surface area is 166 Å². The Balaban J connectivity index is 2.42. The van der Waals surface area contributed by atoms with Gasteiger partial charge in [-0.3, -0.25) is 4.79 Å². The molecule has 0 aliphatic carbocycles. The summed E-state index contributed by atoms with van der Waals surface area (Å²) in [4.78, 5) is 12.5. The lowest BCUT2D eigenvalue weighted by Crippen LogP contribution is -2.14. The van der Waals surface area contributed by atoms with Gasteiger partial charge in [-0.05, 0) is 30.3 Å². The molecule has 0 aromatic heterocycles. The van der Waals surface area contributed by atoms with E-state index in [9.17, 15) is 10.1 Å². The second kappa shape index (κ2) is 9.17. The van der Waals surface area contributed by atoms with E-state index in [0.29, 0.717) is 33.5 Å². The molecule has 0 spiro atoms. The molecule has 0 radical (unpaired) electrons. The van der Waals surface area contributed by atoms with Gasteiger partial charge in [0.15, 0.2) is 11.5 Å². The molecule has 8 heteroatoms. The van der Waals surface area contributed by atoms with Crippen molar-refractivity contribution in [1.82, 2.24) is 0 Å². The maximum Gasteiger partial charge on any atom is 0.266 e. The van der Waals surface area contributed by atoms with Gasteiger partial charge in [0.1, 0.15) is 11.6 Å². The fourth-order valence-electron chi connectivity index (χ4n) is 2.33. The third kappa shape index (κ3) is 4.45. The van der Waals surface area contributed by atoms with Crippen molar-refractivity contribution in [3.63, 3.8) is 0 Å². The minimum absolute atomic E-state index is 0.156. The van der Waals surface area contributed by atoms with Crippen LogP contribution >= 0.6 is 23.2 Å². The summed E-state index contributed by atoms with van der Waals surface area (Å²) < 4.78 is 15.9. The molecule has 0 fully saturated rings. The lowest BCUT2D eigenvalue weighted by molar-refractivity contribution is -0.112. The van der Waals surface area contributed by atoms with Crippen molar-refractivity contribution in [3.05, 3.63) is 51.5 Å². The Bertz CT molecular complexity index is 936. The normalized spacial score (nSPS) is 10.7. The van der Waals surface area contributed by atoms with Crippen LogP contribution in [-0.4, -0.2) is 27.2 Å². The van der Waals surface area contributed by atoms with Gasteiger partial charge < -0.3 is 19.5 Å². The molecule has 27 heavy (non-hydrogen) atoms. The molecule has 0 atom stereocenters. The Morgan fingerprint density at radius 3 is 2.37 bits per heavy atom. The van der Waals surface area contributed by atoms with Crippen LogP contribution in [0, 0.1) is 11.3 Å². The minimum Gasteiger partial charge on any atom is -0.493 e. The molecule has 0 aliphatic rings. The standard InChI is InChI=1S/C19H16Cl2N2O4/c1-25-15-8-7-11(17(26-2)18(15)27-3)9-12(10-22)19(24)23-14-6-4-5-13(20)16(14)21/h4-9H,1-3H3,(H,23,24)/b12-9+. The van der Waals surface area contributed by atoms with Crippen molar-refractivity contribution in [2.24, 2.45) is 0 Å². The molecule has 2 aromatic rings. The predicted octanol–water partition coefficient (Wildman–Crippen LogP) is 4.56. The average molecular weight is 407 g/mol. The Morgan fingerprint density at radius 1 is 1.07 bits per heavy atom. The van der Waals surface area contributed by atoms with Gasteiger partial charge in [-0.15, -0.1) is 0 Å². The number of carbonyl (C=O) groups is 1. The van der Waals surface area contributed by atoms with Crippen LogP contribution in [0.5, 0.6) is 17.2 Å². The predicted molar refractivity (Wildman–Crippen MR) is 105 cm³/mol. The molecule has 0 saturated heterocycles.